The van der Waals surface area contributed by atoms with Gasteiger partial charge in [0, 0.05) is 25.7 Å². The topological polar surface area (TPSA) is 38.5 Å². The lowest BCUT2D eigenvalue weighted by molar-refractivity contribution is 0.0750. The molecular formula is C14H23FN2O. The van der Waals surface area contributed by atoms with E-state index in [1.165, 1.54) is 6.07 Å². The van der Waals surface area contributed by atoms with Crippen molar-refractivity contribution in [2.24, 2.45) is 5.73 Å². The number of methoxy groups -OCH3 is 1. The molecule has 1 rings (SSSR count). The highest BCUT2D eigenvalue weighted by atomic mass is 19.1. The van der Waals surface area contributed by atoms with E-state index in [2.05, 4.69) is 18.7 Å². The van der Waals surface area contributed by atoms with Gasteiger partial charge in [-0.3, -0.25) is 4.90 Å². The van der Waals surface area contributed by atoms with Gasteiger partial charge in [-0.1, -0.05) is 19.1 Å². The lowest BCUT2D eigenvalue weighted by Crippen LogP contribution is -2.42. The summed E-state index contributed by atoms with van der Waals surface area (Å²) in [5.41, 5.74) is 6.78. The number of nitrogens with two attached hydrogens (primary N) is 1. The summed E-state index contributed by atoms with van der Waals surface area (Å²) in [6.07, 6.45) is 0. The van der Waals surface area contributed by atoms with Crippen molar-refractivity contribution in [3.63, 3.8) is 0 Å². The fourth-order valence-electron chi connectivity index (χ4n) is 2.35. The van der Waals surface area contributed by atoms with Crippen LogP contribution in [0, 0.1) is 5.82 Å². The summed E-state index contributed by atoms with van der Waals surface area (Å²) >= 11 is 0. The first-order valence-electron chi connectivity index (χ1n) is 6.34. The van der Waals surface area contributed by atoms with E-state index < -0.39 is 0 Å². The highest BCUT2D eigenvalue weighted by Gasteiger charge is 2.22. The number of hydrogen-bond acceptors (Lipinski definition) is 3. The molecule has 18 heavy (non-hydrogen) atoms. The van der Waals surface area contributed by atoms with E-state index in [9.17, 15) is 4.39 Å². The highest BCUT2D eigenvalue weighted by Crippen LogP contribution is 2.22. The zero-order valence-electron chi connectivity index (χ0n) is 11.4. The molecule has 0 aliphatic heterocycles. The second kappa shape index (κ2) is 7.46. The van der Waals surface area contributed by atoms with Gasteiger partial charge in [-0.15, -0.1) is 0 Å². The van der Waals surface area contributed by atoms with Gasteiger partial charge in [0.25, 0.3) is 0 Å². The largest absolute Gasteiger partial charge is 0.383 e. The molecule has 102 valence electrons. The first-order valence-corrected chi connectivity index (χ1v) is 6.34. The molecule has 0 saturated carbocycles. The summed E-state index contributed by atoms with van der Waals surface area (Å²) in [5.74, 6) is -0.221. The van der Waals surface area contributed by atoms with Gasteiger partial charge >= 0.3 is 0 Å². The molecule has 0 aliphatic carbocycles. The number of rotatable bonds is 7. The van der Waals surface area contributed by atoms with Crippen LogP contribution < -0.4 is 5.73 Å². The summed E-state index contributed by atoms with van der Waals surface area (Å²) in [5, 5.41) is 0. The molecular weight excluding hydrogens is 231 g/mol. The monoisotopic (exact) mass is 254 g/mol. The van der Waals surface area contributed by atoms with Crippen LogP contribution >= 0.6 is 0 Å². The molecule has 0 radical (unpaired) electrons. The van der Waals surface area contributed by atoms with Gasteiger partial charge in [0.2, 0.25) is 0 Å². The van der Waals surface area contributed by atoms with E-state index in [0.717, 1.165) is 12.1 Å². The van der Waals surface area contributed by atoms with Gasteiger partial charge in [0.1, 0.15) is 5.82 Å². The lowest BCUT2D eigenvalue weighted by Gasteiger charge is -2.35. The summed E-state index contributed by atoms with van der Waals surface area (Å²) < 4.78 is 18.5. The Hall–Kier alpha value is -0.970. The molecule has 0 saturated heterocycles. The van der Waals surface area contributed by atoms with Crippen LogP contribution in [-0.2, 0) is 4.74 Å². The molecule has 4 heteroatoms. The Morgan fingerprint density at radius 2 is 2.17 bits per heavy atom. The number of hydrogen-bond donors (Lipinski definition) is 1. The van der Waals surface area contributed by atoms with Crippen molar-refractivity contribution >= 4 is 0 Å². The lowest BCUT2D eigenvalue weighted by atomic mass is 10.0. The summed E-state index contributed by atoms with van der Waals surface area (Å²) in [6, 6.07) is 6.92. The second-order valence-corrected chi connectivity index (χ2v) is 4.44. The molecule has 0 heterocycles. The molecule has 2 atom stereocenters. The number of likely N-dealkylation sites (N-methyl/N-ethyl adjacent to an activating group) is 1. The zero-order chi connectivity index (χ0) is 13.5. The Morgan fingerprint density at radius 3 is 2.67 bits per heavy atom. The van der Waals surface area contributed by atoms with Crippen LogP contribution in [0.25, 0.3) is 0 Å². The maximum atomic E-state index is 13.3. The van der Waals surface area contributed by atoms with E-state index in [1.54, 1.807) is 19.2 Å². The first kappa shape index (κ1) is 15.1. The molecule has 1 aromatic rings. The van der Waals surface area contributed by atoms with Crippen molar-refractivity contribution in [1.82, 2.24) is 4.90 Å². The standard InChI is InChI=1S/C14H23FN2O/c1-4-17(11(2)10-18-3)14(9-16)12-6-5-7-13(15)8-12/h5-8,11,14H,4,9-10,16H2,1-3H3. The van der Waals surface area contributed by atoms with Crippen molar-refractivity contribution < 1.29 is 9.13 Å². The Bertz CT molecular complexity index is 359. The third kappa shape index (κ3) is 3.77. The predicted octanol–water partition coefficient (Wildman–Crippen LogP) is 2.18. The average molecular weight is 254 g/mol. The number of ether oxygens (including phenoxy) is 1. The molecule has 0 amide bonds. The Kier molecular flexibility index (Phi) is 6.25. The normalized spacial score (nSPS) is 14.8. The molecule has 2 unspecified atom stereocenters. The van der Waals surface area contributed by atoms with Crippen molar-refractivity contribution in [3.8, 4) is 0 Å². The maximum absolute atomic E-state index is 13.3. The van der Waals surface area contributed by atoms with Crippen LogP contribution in [0.15, 0.2) is 24.3 Å². The van der Waals surface area contributed by atoms with Gasteiger partial charge in [-0.2, -0.15) is 0 Å². The van der Waals surface area contributed by atoms with E-state index in [0.29, 0.717) is 13.2 Å². The zero-order valence-corrected chi connectivity index (χ0v) is 11.4. The maximum Gasteiger partial charge on any atom is 0.123 e. The predicted molar refractivity (Wildman–Crippen MR) is 71.9 cm³/mol. The van der Waals surface area contributed by atoms with E-state index in [4.69, 9.17) is 10.5 Å². The van der Waals surface area contributed by atoms with Crippen LogP contribution in [-0.4, -0.2) is 37.7 Å². The third-order valence-electron chi connectivity index (χ3n) is 3.20. The van der Waals surface area contributed by atoms with Gasteiger partial charge in [0.15, 0.2) is 0 Å². The highest BCUT2D eigenvalue weighted by molar-refractivity contribution is 5.20. The minimum absolute atomic E-state index is 0.0239. The van der Waals surface area contributed by atoms with Crippen LogP contribution in [0.2, 0.25) is 0 Å². The van der Waals surface area contributed by atoms with E-state index in [-0.39, 0.29) is 17.9 Å². The van der Waals surface area contributed by atoms with E-state index >= 15 is 0 Å². The van der Waals surface area contributed by atoms with Crippen molar-refractivity contribution in [2.45, 2.75) is 25.9 Å². The smallest absolute Gasteiger partial charge is 0.123 e. The summed E-state index contributed by atoms with van der Waals surface area (Å²) in [4.78, 5) is 2.23. The Labute approximate surface area is 109 Å². The molecule has 0 bridgehead atoms. The number of nitrogens with zero attached hydrogens (tertiary/aromatic N) is 1. The third-order valence-corrected chi connectivity index (χ3v) is 3.20. The van der Waals surface area contributed by atoms with Crippen LogP contribution in [0.1, 0.15) is 25.5 Å². The van der Waals surface area contributed by atoms with Crippen LogP contribution in [0.5, 0.6) is 0 Å². The number of halogens is 1. The second-order valence-electron chi connectivity index (χ2n) is 4.44. The molecule has 3 nitrogen and oxygen atoms in total. The fraction of sp³-hybridized carbons (Fsp3) is 0.571. The first-order chi connectivity index (χ1) is 8.63. The molecule has 0 aromatic heterocycles. The van der Waals surface area contributed by atoms with E-state index in [1.807, 2.05) is 6.07 Å². The molecule has 0 fully saturated rings. The minimum atomic E-state index is -0.221. The summed E-state index contributed by atoms with van der Waals surface area (Å²) in [7, 11) is 1.68. The average Bonchev–Trinajstić information content (AvgIpc) is 2.35. The minimum Gasteiger partial charge on any atom is -0.383 e. The number of benzene rings is 1. The van der Waals surface area contributed by atoms with Crippen LogP contribution in [0.4, 0.5) is 4.39 Å². The van der Waals surface area contributed by atoms with Crippen molar-refractivity contribution in [2.75, 3.05) is 26.8 Å². The van der Waals surface area contributed by atoms with Gasteiger partial charge in [-0.25, -0.2) is 4.39 Å². The van der Waals surface area contributed by atoms with Crippen molar-refractivity contribution in [3.05, 3.63) is 35.6 Å². The molecule has 0 aliphatic rings. The van der Waals surface area contributed by atoms with Crippen molar-refractivity contribution in [1.29, 1.82) is 0 Å². The molecule has 2 N–H and O–H groups in total. The Morgan fingerprint density at radius 1 is 1.44 bits per heavy atom. The van der Waals surface area contributed by atoms with Gasteiger partial charge < -0.3 is 10.5 Å². The van der Waals surface area contributed by atoms with Crippen LogP contribution in [0.3, 0.4) is 0 Å². The quantitative estimate of drug-likeness (QED) is 0.810. The summed E-state index contributed by atoms with van der Waals surface area (Å²) in [6.45, 7) is 6.12. The SMILES string of the molecule is CCN(C(C)COC)C(CN)c1cccc(F)c1. The molecule has 0 spiro atoms. The van der Waals surface area contributed by atoms with Gasteiger partial charge in [-0.05, 0) is 31.2 Å². The molecule has 1 aromatic carbocycles. The Balaban J connectivity index is 2.92. The van der Waals surface area contributed by atoms with Gasteiger partial charge in [0.05, 0.1) is 6.61 Å². The fourth-order valence-corrected chi connectivity index (χ4v) is 2.35.